The summed E-state index contributed by atoms with van der Waals surface area (Å²) in [5.74, 6) is -1.13. The predicted octanol–water partition coefficient (Wildman–Crippen LogP) is 4.49. The molecule has 1 amide bonds. The molecule has 0 saturated heterocycles. The van der Waals surface area contributed by atoms with Gasteiger partial charge in [0.1, 0.15) is 11.0 Å². The van der Waals surface area contributed by atoms with Crippen LogP contribution in [0, 0.1) is 9.39 Å². The van der Waals surface area contributed by atoms with Crippen LogP contribution >= 0.6 is 50.1 Å². The van der Waals surface area contributed by atoms with Crippen LogP contribution in [-0.4, -0.2) is 10.9 Å². The van der Waals surface area contributed by atoms with E-state index in [2.05, 4.69) is 48.8 Å². The number of halogens is 4. The molecule has 98 valence electrons. The lowest BCUT2D eigenvalue weighted by molar-refractivity contribution is 0.102. The molecule has 0 unspecified atom stereocenters. The second kappa shape index (κ2) is 6.15. The predicted molar refractivity (Wildman–Crippen MR) is 84.0 cm³/mol. The molecule has 1 N–H and O–H groups in total. The van der Waals surface area contributed by atoms with Crippen molar-refractivity contribution in [2.45, 2.75) is 0 Å². The number of benzene rings is 1. The van der Waals surface area contributed by atoms with Crippen LogP contribution in [0.5, 0.6) is 0 Å². The molecule has 1 aromatic carbocycles. The van der Waals surface area contributed by atoms with Gasteiger partial charge >= 0.3 is 0 Å². The minimum Gasteiger partial charge on any atom is -0.321 e. The third-order valence-electron chi connectivity index (χ3n) is 2.23. The summed E-state index contributed by atoms with van der Waals surface area (Å²) in [7, 11) is 0. The van der Waals surface area contributed by atoms with Crippen molar-refractivity contribution in [3.8, 4) is 0 Å². The lowest BCUT2D eigenvalue weighted by atomic mass is 10.2. The van der Waals surface area contributed by atoms with Crippen molar-refractivity contribution in [3.63, 3.8) is 0 Å². The SMILES string of the molecule is O=C(Nc1cc(I)ccc1Br)c1cc(F)cnc1Cl. The first kappa shape index (κ1) is 14.7. The Bertz CT molecular complexity index is 654. The minimum atomic E-state index is -0.615. The Kier molecular flexibility index (Phi) is 4.75. The van der Waals surface area contributed by atoms with E-state index in [1.54, 1.807) is 6.07 Å². The molecule has 0 bridgehead atoms. The fourth-order valence-electron chi connectivity index (χ4n) is 1.36. The van der Waals surface area contributed by atoms with E-state index < -0.39 is 11.7 Å². The molecule has 1 aromatic heterocycles. The number of pyridine rings is 1. The molecule has 0 aliphatic rings. The van der Waals surface area contributed by atoms with Gasteiger partial charge in [-0.3, -0.25) is 4.79 Å². The van der Waals surface area contributed by atoms with E-state index in [1.165, 1.54) is 0 Å². The normalized spacial score (nSPS) is 10.3. The zero-order chi connectivity index (χ0) is 14.0. The Morgan fingerprint density at radius 1 is 1.42 bits per heavy atom. The van der Waals surface area contributed by atoms with Crippen LogP contribution in [0.4, 0.5) is 10.1 Å². The summed E-state index contributed by atoms with van der Waals surface area (Å²) in [5, 5.41) is 2.61. The van der Waals surface area contributed by atoms with Gasteiger partial charge in [0.15, 0.2) is 0 Å². The quantitative estimate of drug-likeness (QED) is 0.536. The lowest BCUT2D eigenvalue weighted by Crippen LogP contribution is -2.14. The molecule has 2 aromatic rings. The zero-order valence-electron chi connectivity index (χ0n) is 9.25. The summed E-state index contributed by atoms with van der Waals surface area (Å²) < 4.78 is 14.8. The standard InChI is InChI=1S/C12H6BrClFIN2O/c13-9-2-1-7(16)4-10(9)18-12(19)8-3-6(15)5-17-11(8)14/h1-5H,(H,18,19). The molecule has 0 fully saturated rings. The van der Waals surface area contributed by atoms with Crippen molar-refractivity contribution in [2.75, 3.05) is 5.32 Å². The summed E-state index contributed by atoms with van der Waals surface area (Å²) in [4.78, 5) is 15.6. The van der Waals surface area contributed by atoms with Crippen LogP contribution in [-0.2, 0) is 0 Å². The fraction of sp³-hybridized carbons (Fsp3) is 0. The highest BCUT2D eigenvalue weighted by atomic mass is 127. The van der Waals surface area contributed by atoms with E-state index in [1.807, 2.05) is 12.1 Å². The summed E-state index contributed by atoms with van der Waals surface area (Å²) in [6, 6.07) is 6.52. The number of aromatic nitrogens is 1. The second-order valence-electron chi connectivity index (χ2n) is 3.57. The topological polar surface area (TPSA) is 42.0 Å². The number of rotatable bonds is 2. The van der Waals surface area contributed by atoms with Gasteiger partial charge in [0, 0.05) is 8.04 Å². The highest BCUT2D eigenvalue weighted by Gasteiger charge is 2.14. The number of nitrogens with zero attached hydrogens (tertiary/aromatic N) is 1. The Hall–Kier alpha value is -0.730. The van der Waals surface area contributed by atoms with Crippen molar-refractivity contribution in [2.24, 2.45) is 0 Å². The summed E-state index contributed by atoms with van der Waals surface area (Å²) in [6.07, 6.45) is 0.959. The van der Waals surface area contributed by atoms with Crippen LogP contribution in [0.2, 0.25) is 5.15 Å². The zero-order valence-corrected chi connectivity index (χ0v) is 13.8. The molecular formula is C12H6BrClFIN2O. The van der Waals surface area contributed by atoms with E-state index in [0.29, 0.717) is 5.69 Å². The number of carbonyl (C=O) groups is 1. The van der Waals surface area contributed by atoms with Crippen LogP contribution in [0.3, 0.4) is 0 Å². The number of anilines is 1. The minimum absolute atomic E-state index is 0.00701. The van der Waals surface area contributed by atoms with E-state index in [0.717, 1.165) is 20.3 Å². The Morgan fingerprint density at radius 3 is 2.89 bits per heavy atom. The van der Waals surface area contributed by atoms with Gasteiger partial charge in [-0.2, -0.15) is 0 Å². The number of hydrogen-bond acceptors (Lipinski definition) is 2. The van der Waals surface area contributed by atoms with Crippen LogP contribution < -0.4 is 5.32 Å². The van der Waals surface area contributed by atoms with Gasteiger partial charge in [-0.15, -0.1) is 0 Å². The average Bonchev–Trinajstić information content (AvgIpc) is 2.36. The van der Waals surface area contributed by atoms with E-state index >= 15 is 0 Å². The third kappa shape index (κ3) is 3.64. The molecule has 0 saturated carbocycles. The number of nitrogens with one attached hydrogen (secondary N) is 1. The Balaban J connectivity index is 2.30. The smallest absolute Gasteiger partial charge is 0.258 e. The molecule has 1 heterocycles. The molecule has 2 rings (SSSR count). The van der Waals surface area contributed by atoms with Crippen molar-refractivity contribution in [3.05, 3.63) is 55.0 Å². The van der Waals surface area contributed by atoms with Gasteiger partial charge in [-0.05, 0) is 62.8 Å². The molecule has 19 heavy (non-hydrogen) atoms. The van der Waals surface area contributed by atoms with Gasteiger partial charge < -0.3 is 5.32 Å². The fourth-order valence-corrected chi connectivity index (χ4v) is 2.39. The van der Waals surface area contributed by atoms with E-state index in [-0.39, 0.29) is 10.7 Å². The molecule has 0 radical (unpaired) electrons. The van der Waals surface area contributed by atoms with Crippen molar-refractivity contribution in [1.29, 1.82) is 0 Å². The Labute approximate surface area is 135 Å². The first-order valence-corrected chi connectivity index (χ1v) is 7.30. The van der Waals surface area contributed by atoms with Gasteiger partial charge in [0.25, 0.3) is 5.91 Å². The maximum absolute atomic E-state index is 13.1. The monoisotopic (exact) mass is 454 g/mol. The molecule has 0 aliphatic heterocycles. The van der Waals surface area contributed by atoms with E-state index in [4.69, 9.17) is 11.6 Å². The first-order valence-electron chi connectivity index (χ1n) is 5.05. The molecule has 0 atom stereocenters. The molecule has 0 spiro atoms. The number of carbonyl (C=O) groups excluding carboxylic acids is 1. The van der Waals surface area contributed by atoms with Crippen LogP contribution in [0.15, 0.2) is 34.9 Å². The highest BCUT2D eigenvalue weighted by Crippen LogP contribution is 2.25. The molecular weight excluding hydrogens is 449 g/mol. The van der Waals surface area contributed by atoms with Gasteiger partial charge in [0.2, 0.25) is 0 Å². The average molecular weight is 455 g/mol. The summed E-state index contributed by atoms with van der Waals surface area (Å²) >= 11 is 11.2. The first-order chi connectivity index (χ1) is 8.97. The maximum Gasteiger partial charge on any atom is 0.258 e. The van der Waals surface area contributed by atoms with Crippen molar-refractivity contribution < 1.29 is 9.18 Å². The molecule has 7 heteroatoms. The molecule has 0 aliphatic carbocycles. The number of amides is 1. The second-order valence-corrected chi connectivity index (χ2v) is 6.03. The summed E-state index contributed by atoms with van der Waals surface area (Å²) in [5.41, 5.74) is 0.574. The largest absolute Gasteiger partial charge is 0.321 e. The molecule has 3 nitrogen and oxygen atoms in total. The summed E-state index contributed by atoms with van der Waals surface area (Å²) in [6.45, 7) is 0. The Morgan fingerprint density at radius 2 is 2.16 bits per heavy atom. The maximum atomic E-state index is 13.1. The van der Waals surface area contributed by atoms with Crippen molar-refractivity contribution in [1.82, 2.24) is 4.98 Å². The van der Waals surface area contributed by atoms with Gasteiger partial charge in [0.05, 0.1) is 17.4 Å². The van der Waals surface area contributed by atoms with Crippen molar-refractivity contribution >= 4 is 61.7 Å². The van der Waals surface area contributed by atoms with Crippen LogP contribution in [0.1, 0.15) is 10.4 Å². The van der Waals surface area contributed by atoms with Gasteiger partial charge in [-0.25, -0.2) is 9.37 Å². The highest BCUT2D eigenvalue weighted by molar-refractivity contribution is 14.1. The van der Waals surface area contributed by atoms with Crippen LogP contribution in [0.25, 0.3) is 0 Å². The number of hydrogen-bond donors (Lipinski definition) is 1. The lowest BCUT2D eigenvalue weighted by Gasteiger charge is -2.08. The third-order valence-corrected chi connectivity index (χ3v) is 3.89. The van der Waals surface area contributed by atoms with Gasteiger partial charge in [-0.1, -0.05) is 11.6 Å². The van der Waals surface area contributed by atoms with E-state index in [9.17, 15) is 9.18 Å².